The third-order valence-corrected chi connectivity index (χ3v) is 1.95. The summed E-state index contributed by atoms with van der Waals surface area (Å²) in [4.78, 5) is 13.7. The van der Waals surface area contributed by atoms with E-state index in [4.69, 9.17) is 10.3 Å². The van der Waals surface area contributed by atoms with E-state index in [-0.39, 0.29) is 17.9 Å². The first-order valence-corrected chi connectivity index (χ1v) is 3.98. The molecule has 5 nitrogen and oxygen atoms in total. The largest absolute Gasteiger partial charge is 0.466 e. The summed E-state index contributed by atoms with van der Waals surface area (Å²) in [6.45, 7) is 2.20. The Morgan fingerprint density at radius 3 is 2.92 bits per heavy atom. The van der Waals surface area contributed by atoms with Crippen LogP contribution in [0.5, 0.6) is 0 Å². The van der Waals surface area contributed by atoms with Gasteiger partial charge >= 0.3 is 5.97 Å². The van der Waals surface area contributed by atoms with Gasteiger partial charge in [0.2, 0.25) is 0 Å². The molecule has 1 fully saturated rings. The van der Waals surface area contributed by atoms with Gasteiger partial charge < -0.3 is 4.74 Å². The van der Waals surface area contributed by atoms with Crippen molar-refractivity contribution in [2.24, 2.45) is 11.0 Å². The molecule has 0 spiro atoms. The van der Waals surface area contributed by atoms with E-state index >= 15 is 0 Å². The van der Waals surface area contributed by atoms with Gasteiger partial charge in [-0.3, -0.25) is 4.79 Å². The van der Waals surface area contributed by atoms with Gasteiger partial charge in [-0.2, -0.15) is 0 Å². The van der Waals surface area contributed by atoms with Crippen molar-refractivity contribution in [3.05, 3.63) is 10.4 Å². The Kier molecular flexibility index (Phi) is 2.94. The fraction of sp³-hybridized carbons (Fsp3) is 0.857. The smallest absolute Gasteiger partial charge is 0.308 e. The molecule has 0 aromatic carbocycles. The molecular weight excluding hydrogens is 158 g/mol. The van der Waals surface area contributed by atoms with E-state index in [9.17, 15) is 4.79 Å². The van der Waals surface area contributed by atoms with Crippen molar-refractivity contribution >= 4 is 5.97 Å². The highest BCUT2D eigenvalue weighted by Crippen LogP contribution is 2.31. The zero-order chi connectivity index (χ0) is 8.97. The number of hydrogen-bond donors (Lipinski definition) is 0. The molecule has 1 aliphatic carbocycles. The zero-order valence-electron chi connectivity index (χ0n) is 6.93. The van der Waals surface area contributed by atoms with Crippen molar-refractivity contribution in [2.75, 3.05) is 6.61 Å². The van der Waals surface area contributed by atoms with Crippen LogP contribution in [0.4, 0.5) is 0 Å². The Bertz CT molecular complexity index is 217. The average molecular weight is 169 g/mol. The number of nitrogens with zero attached hydrogens (tertiary/aromatic N) is 3. The summed E-state index contributed by atoms with van der Waals surface area (Å²) in [5.74, 6) is -0.206. The van der Waals surface area contributed by atoms with Crippen LogP contribution in [0.2, 0.25) is 0 Å². The molecule has 1 saturated carbocycles. The molecular formula is C7H11N3O2. The Morgan fingerprint density at radius 1 is 1.75 bits per heavy atom. The normalized spacial score (nSPS) is 26.8. The molecule has 66 valence electrons. The topological polar surface area (TPSA) is 75.1 Å². The summed E-state index contributed by atoms with van der Waals surface area (Å²) in [5.41, 5.74) is 8.07. The lowest BCUT2D eigenvalue weighted by atomic mass is 9.81. The van der Waals surface area contributed by atoms with Crippen molar-refractivity contribution in [3.63, 3.8) is 0 Å². The second-order valence-electron chi connectivity index (χ2n) is 2.78. The van der Waals surface area contributed by atoms with E-state index in [1.807, 2.05) is 0 Å². The van der Waals surface area contributed by atoms with Gasteiger partial charge in [0.1, 0.15) is 0 Å². The van der Waals surface area contributed by atoms with Crippen LogP contribution >= 0.6 is 0 Å². The highest BCUT2D eigenvalue weighted by Gasteiger charge is 2.34. The van der Waals surface area contributed by atoms with Gasteiger partial charge in [0, 0.05) is 11.0 Å². The third kappa shape index (κ3) is 1.89. The first-order chi connectivity index (χ1) is 5.77. The number of carbonyl (C=O) groups excluding carboxylic acids is 1. The van der Waals surface area contributed by atoms with E-state index < -0.39 is 0 Å². The molecule has 0 aromatic rings. The van der Waals surface area contributed by atoms with Crippen molar-refractivity contribution in [1.29, 1.82) is 0 Å². The van der Waals surface area contributed by atoms with Gasteiger partial charge in [0.05, 0.1) is 12.5 Å². The van der Waals surface area contributed by atoms with E-state index in [0.29, 0.717) is 19.4 Å². The van der Waals surface area contributed by atoms with Gasteiger partial charge in [0.15, 0.2) is 0 Å². The standard InChI is InChI=1S/C7H11N3O2/c1-2-12-7(11)5-3-6(4-5)9-10-8/h5-6H,2-4H2,1H3/t5-,6-. The Labute approximate surface area is 70.3 Å². The molecule has 0 heterocycles. The molecule has 0 aliphatic heterocycles. The van der Waals surface area contributed by atoms with Crippen LogP contribution in [0.15, 0.2) is 5.11 Å². The summed E-state index contributed by atoms with van der Waals surface area (Å²) in [7, 11) is 0. The summed E-state index contributed by atoms with van der Waals surface area (Å²) in [5, 5.41) is 3.50. The minimum absolute atomic E-state index is 0.00408. The lowest BCUT2D eigenvalue weighted by molar-refractivity contribution is -0.151. The molecule has 0 atom stereocenters. The molecule has 5 heteroatoms. The number of hydrogen-bond acceptors (Lipinski definition) is 3. The summed E-state index contributed by atoms with van der Waals surface area (Å²) < 4.78 is 4.80. The molecule has 0 saturated heterocycles. The number of esters is 1. The maximum Gasteiger partial charge on any atom is 0.308 e. The molecule has 1 rings (SSSR count). The van der Waals surface area contributed by atoms with Crippen LogP contribution in [0.1, 0.15) is 19.8 Å². The molecule has 0 radical (unpaired) electrons. The van der Waals surface area contributed by atoms with Crippen molar-refractivity contribution in [2.45, 2.75) is 25.8 Å². The van der Waals surface area contributed by atoms with Crippen molar-refractivity contribution in [3.8, 4) is 0 Å². The third-order valence-electron chi connectivity index (χ3n) is 1.95. The zero-order valence-corrected chi connectivity index (χ0v) is 6.93. The van der Waals surface area contributed by atoms with Crippen LogP contribution in [0.3, 0.4) is 0 Å². The van der Waals surface area contributed by atoms with E-state index in [1.54, 1.807) is 6.92 Å². The van der Waals surface area contributed by atoms with Crippen LogP contribution in [0.25, 0.3) is 10.4 Å². The molecule has 0 bridgehead atoms. The van der Waals surface area contributed by atoms with E-state index in [1.165, 1.54) is 0 Å². The lowest BCUT2D eigenvalue weighted by Crippen LogP contribution is -2.34. The number of carbonyl (C=O) groups is 1. The minimum Gasteiger partial charge on any atom is -0.466 e. The second kappa shape index (κ2) is 3.97. The molecule has 0 unspecified atom stereocenters. The predicted octanol–water partition coefficient (Wildman–Crippen LogP) is 1.64. The Morgan fingerprint density at radius 2 is 2.42 bits per heavy atom. The molecule has 12 heavy (non-hydrogen) atoms. The highest BCUT2D eigenvalue weighted by molar-refractivity contribution is 5.73. The predicted molar refractivity (Wildman–Crippen MR) is 42.3 cm³/mol. The number of azide groups is 1. The van der Waals surface area contributed by atoms with Crippen LogP contribution in [-0.2, 0) is 9.53 Å². The Balaban J connectivity index is 2.24. The quantitative estimate of drug-likeness (QED) is 0.278. The summed E-state index contributed by atoms with van der Waals surface area (Å²) >= 11 is 0. The first-order valence-electron chi connectivity index (χ1n) is 3.98. The van der Waals surface area contributed by atoms with Crippen molar-refractivity contribution in [1.82, 2.24) is 0 Å². The number of rotatable bonds is 3. The maximum atomic E-state index is 11.0. The molecule has 0 N–H and O–H groups in total. The lowest BCUT2D eigenvalue weighted by Gasteiger charge is -2.29. The first kappa shape index (κ1) is 8.87. The maximum absolute atomic E-state index is 11.0. The second-order valence-corrected chi connectivity index (χ2v) is 2.78. The van der Waals surface area contributed by atoms with Crippen LogP contribution in [0, 0.1) is 5.92 Å². The SMILES string of the molecule is CCOC(=O)[C@H]1C[C@H](N=[N+]=[N-])C1. The van der Waals surface area contributed by atoms with Gasteiger partial charge in [-0.25, -0.2) is 0 Å². The van der Waals surface area contributed by atoms with Crippen LogP contribution in [-0.4, -0.2) is 18.6 Å². The molecule has 0 aromatic heterocycles. The summed E-state index contributed by atoms with van der Waals surface area (Å²) in [6, 6.07) is 0.00408. The number of ether oxygens (including phenoxy) is 1. The average Bonchev–Trinajstić information content (AvgIpc) is 1.96. The minimum atomic E-state index is -0.165. The van der Waals surface area contributed by atoms with Gasteiger partial charge in [-0.05, 0) is 25.3 Å². The Hall–Kier alpha value is -1.22. The fourth-order valence-corrected chi connectivity index (χ4v) is 1.21. The monoisotopic (exact) mass is 169 g/mol. The van der Waals surface area contributed by atoms with Crippen molar-refractivity contribution < 1.29 is 9.53 Å². The van der Waals surface area contributed by atoms with E-state index in [2.05, 4.69) is 10.0 Å². The van der Waals surface area contributed by atoms with E-state index in [0.717, 1.165) is 0 Å². The van der Waals surface area contributed by atoms with Crippen LogP contribution < -0.4 is 0 Å². The molecule has 1 aliphatic rings. The van der Waals surface area contributed by atoms with Gasteiger partial charge in [-0.1, -0.05) is 5.11 Å². The summed E-state index contributed by atoms with van der Waals surface area (Å²) in [6.07, 6.45) is 1.28. The highest BCUT2D eigenvalue weighted by atomic mass is 16.5. The molecule has 0 amide bonds. The van der Waals surface area contributed by atoms with Gasteiger partial charge in [0.25, 0.3) is 0 Å². The van der Waals surface area contributed by atoms with Gasteiger partial charge in [-0.15, -0.1) is 0 Å². The fourth-order valence-electron chi connectivity index (χ4n) is 1.21.